The Labute approximate surface area is 133 Å². The number of hydrogen-bond donors (Lipinski definition) is 2. The molecule has 1 unspecified atom stereocenters. The Morgan fingerprint density at radius 2 is 1.77 bits per heavy atom. The predicted molar refractivity (Wildman–Crippen MR) is 89.6 cm³/mol. The molecule has 0 saturated carbocycles. The molecular formula is C18H28N2O2. The summed E-state index contributed by atoms with van der Waals surface area (Å²) in [5, 5.41) is 5.77. The number of benzene rings is 1. The van der Waals surface area contributed by atoms with Gasteiger partial charge in [0.1, 0.15) is 0 Å². The van der Waals surface area contributed by atoms with Crippen LogP contribution >= 0.6 is 0 Å². The largest absolute Gasteiger partial charge is 0.352 e. The van der Waals surface area contributed by atoms with Crippen molar-refractivity contribution >= 4 is 11.8 Å². The molecule has 1 atom stereocenters. The summed E-state index contributed by atoms with van der Waals surface area (Å²) in [6.45, 7) is 6.23. The highest BCUT2D eigenvalue weighted by atomic mass is 16.2. The number of unbranched alkanes of at least 4 members (excludes halogenated alkanes) is 3. The normalized spacial score (nSPS) is 11.8. The van der Waals surface area contributed by atoms with Crippen LogP contribution in [-0.2, 0) is 11.3 Å². The van der Waals surface area contributed by atoms with Gasteiger partial charge in [-0.15, -0.1) is 0 Å². The quantitative estimate of drug-likeness (QED) is 0.687. The van der Waals surface area contributed by atoms with Crippen molar-refractivity contribution in [2.75, 3.05) is 0 Å². The Morgan fingerprint density at radius 1 is 1.09 bits per heavy atom. The van der Waals surface area contributed by atoms with Crippen molar-refractivity contribution in [2.24, 2.45) is 0 Å². The molecule has 22 heavy (non-hydrogen) atoms. The van der Waals surface area contributed by atoms with E-state index in [-0.39, 0.29) is 17.9 Å². The van der Waals surface area contributed by atoms with Gasteiger partial charge in [0.05, 0.1) is 0 Å². The van der Waals surface area contributed by atoms with Crippen molar-refractivity contribution in [1.29, 1.82) is 0 Å². The summed E-state index contributed by atoms with van der Waals surface area (Å²) in [7, 11) is 0. The zero-order valence-electron chi connectivity index (χ0n) is 13.9. The third-order valence-corrected chi connectivity index (χ3v) is 3.63. The molecule has 1 aromatic rings. The van der Waals surface area contributed by atoms with Gasteiger partial charge in [-0.2, -0.15) is 0 Å². The van der Waals surface area contributed by atoms with Crippen LogP contribution in [0, 0.1) is 0 Å². The first kappa shape index (κ1) is 18.2. The van der Waals surface area contributed by atoms with E-state index in [0.29, 0.717) is 12.1 Å². The minimum atomic E-state index is -0.0567. The van der Waals surface area contributed by atoms with E-state index < -0.39 is 0 Å². The monoisotopic (exact) mass is 304 g/mol. The predicted octanol–water partition coefficient (Wildman–Crippen LogP) is 3.41. The average molecular weight is 304 g/mol. The molecule has 2 amide bonds. The molecule has 2 N–H and O–H groups in total. The van der Waals surface area contributed by atoms with E-state index >= 15 is 0 Å². The second-order valence-electron chi connectivity index (χ2n) is 5.83. The van der Waals surface area contributed by atoms with Crippen LogP contribution in [-0.4, -0.2) is 17.9 Å². The average Bonchev–Trinajstić information content (AvgIpc) is 2.50. The van der Waals surface area contributed by atoms with Gasteiger partial charge in [0.25, 0.3) is 5.91 Å². The smallest absolute Gasteiger partial charge is 0.251 e. The van der Waals surface area contributed by atoms with E-state index in [4.69, 9.17) is 0 Å². The maximum Gasteiger partial charge on any atom is 0.251 e. The fourth-order valence-electron chi connectivity index (χ4n) is 2.26. The summed E-state index contributed by atoms with van der Waals surface area (Å²) in [4.78, 5) is 23.0. The van der Waals surface area contributed by atoms with Gasteiger partial charge in [-0.1, -0.05) is 44.7 Å². The van der Waals surface area contributed by atoms with Gasteiger partial charge in [-0.05, 0) is 31.0 Å². The van der Waals surface area contributed by atoms with E-state index in [1.165, 1.54) is 26.2 Å². The number of carbonyl (C=O) groups is 2. The van der Waals surface area contributed by atoms with Crippen LogP contribution in [0.1, 0.15) is 68.8 Å². The summed E-state index contributed by atoms with van der Waals surface area (Å²) in [5.74, 6) is -0.0900. The van der Waals surface area contributed by atoms with E-state index in [9.17, 15) is 9.59 Å². The minimum Gasteiger partial charge on any atom is -0.352 e. The van der Waals surface area contributed by atoms with Crippen molar-refractivity contribution in [3.8, 4) is 0 Å². The zero-order valence-corrected chi connectivity index (χ0v) is 13.9. The lowest BCUT2D eigenvalue weighted by atomic mass is 10.1. The lowest BCUT2D eigenvalue weighted by Crippen LogP contribution is -2.32. The molecule has 0 saturated heterocycles. The van der Waals surface area contributed by atoms with E-state index in [1.54, 1.807) is 12.1 Å². The molecule has 122 valence electrons. The molecule has 0 aliphatic carbocycles. The lowest BCUT2D eigenvalue weighted by molar-refractivity contribution is -0.119. The Kier molecular flexibility index (Phi) is 8.26. The first-order chi connectivity index (χ1) is 10.5. The maximum absolute atomic E-state index is 12.1. The van der Waals surface area contributed by atoms with Gasteiger partial charge in [-0.25, -0.2) is 0 Å². The van der Waals surface area contributed by atoms with Gasteiger partial charge >= 0.3 is 0 Å². The molecule has 1 rings (SSSR count). The molecule has 4 heteroatoms. The van der Waals surface area contributed by atoms with Crippen molar-refractivity contribution in [1.82, 2.24) is 10.6 Å². The van der Waals surface area contributed by atoms with Gasteiger partial charge in [0, 0.05) is 25.1 Å². The molecular weight excluding hydrogens is 276 g/mol. The van der Waals surface area contributed by atoms with Crippen LogP contribution in [0.5, 0.6) is 0 Å². The maximum atomic E-state index is 12.1. The molecule has 0 fully saturated rings. The number of hydrogen-bond acceptors (Lipinski definition) is 2. The number of nitrogens with one attached hydrogen (secondary N) is 2. The topological polar surface area (TPSA) is 58.2 Å². The fraction of sp³-hybridized carbons (Fsp3) is 0.556. The highest BCUT2D eigenvalue weighted by Crippen LogP contribution is 2.08. The standard InChI is InChI=1S/C18H28N2O2/c1-4-5-6-7-8-14(2)20-18(22)17-11-9-16(10-12-17)13-19-15(3)21/h9-12,14H,4-8,13H2,1-3H3,(H,19,21)(H,20,22). The Balaban J connectivity index is 2.39. The Bertz CT molecular complexity index is 468. The van der Waals surface area contributed by atoms with Crippen molar-refractivity contribution in [3.05, 3.63) is 35.4 Å². The van der Waals surface area contributed by atoms with Crippen LogP contribution in [0.15, 0.2) is 24.3 Å². The summed E-state index contributed by atoms with van der Waals surface area (Å²) in [6, 6.07) is 7.54. The highest BCUT2D eigenvalue weighted by molar-refractivity contribution is 5.94. The molecule has 4 nitrogen and oxygen atoms in total. The molecule has 0 spiro atoms. The van der Waals surface area contributed by atoms with E-state index in [2.05, 4.69) is 24.5 Å². The SMILES string of the molecule is CCCCCCC(C)NC(=O)c1ccc(CNC(C)=O)cc1. The van der Waals surface area contributed by atoms with Crippen LogP contribution in [0.3, 0.4) is 0 Å². The fourth-order valence-corrected chi connectivity index (χ4v) is 2.26. The van der Waals surface area contributed by atoms with Crippen molar-refractivity contribution in [2.45, 2.75) is 65.5 Å². The Morgan fingerprint density at radius 3 is 2.36 bits per heavy atom. The second kappa shape index (κ2) is 9.98. The van der Waals surface area contributed by atoms with Crippen molar-refractivity contribution < 1.29 is 9.59 Å². The molecule has 0 aliphatic heterocycles. The van der Waals surface area contributed by atoms with Gasteiger partial charge in [-0.3, -0.25) is 9.59 Å². The van der Waals surface area contributed by atoms with Crippen LogP contribution in [0.2, 0.25) is 0 Å². The zero-order chi connectivity index (χ0) is 16.4. The highest BCUT2D eigenvalue weighted by Gasteiger charge is 2.09. The van der Waals surface area contributed by atoms with Crippen LogP contribution < -0.4 is 10.6 Å². The van der Waals surface area contributed by atoms with E-state index in [1.807, 2.05) is 12.1 Å². The second-order valence-corrected chi connectivity index (χ2v) is 5.83. The van der Waals surface area contributed by atoms with Crippen LogP contribution in [0.25, 0.3) is 0 Å². The van der Waals surface area contributed by atoms with Gasteiger partial charge < -0.3 is 10.6 Å². The molecule has 1 aromatic carbocycles. The first-order valence-electron chi connectivity index (χ1n) is 8.17. The summed E-state index contributed by atoms with van der Waals surface area (Å²) in [5.41, 5.74) is 1.64. The van der Waals surface area contributed by atoms with Gasteiger partial charge in [0.15, 0.2) is 0 Å². The third kappa shape index (κ3) is 7.25. The van der Waals surface area contributed by atoms with Crippen molar-refractivity contribution in [3.63, 3.8) is 0 Å². The molecule has 0 aromatic heterocycles. The number of rotatable bonds is 9. The number of amides is 2. The molecule has 0 radical (unpaired) electrons. The minimum absolute atomic E-state index is 0.0333. The summed E-state index contributed by atoms with van der Waals surface area (Å²) in [6.07, 6.45) is 5.90. The molecule has 0 bridgehead atoms. The van der Waals surface area contributed by atoms with Crippen LogP contribution in [0.4, 0.5) is 0 Å². The molecule has 0 aliphatic rings. The first-order valence-corrected chi connectivity index (χ1v) is 8.17. The summed E-state index contributed by atoms with van der Waals surface area (Å²) >= 11 is 0. The molecule has 0 heterocycles. The Hall–Kier alpha value is -1.84. The third-order valence-electron chi connectivity index (χ3n) is 3.63. The number of carbonyl (C=O) groups excluding carboxylic acids is 2. The summed E-state index contributed by atoms with van der Waals surface area (Å²) < 4.78 is 0. The van der Waals surface area contributed by atoms with Gasteiger partial charge in [0.2, 0.25) is 5.91 Å². The lowest BCUT2D eigenvalue weighted by Gasteiger charge is -2.14. The van der Waals surface area contributed by atoms with E-state index in [0.717, 1.165) is 18.4 Å².